The Morgan fingerprint density at radius 1 is 1.26 bits per heavy atom. The maximum absolute atomic E-state index is 12.3. The summed E-state index contributed by atoms with van der Waals surface area (Å²) in [6, 6.07) is 1.63. The van der Waals surface area contributed by atoms with Gasteiger partial charge >= 0.3 is 0 Å². The summed E-state index contributed by atoms with van der Waals surface area (Å²) >= 11 is 1.14. The highest BCUT2D eigenvalue weighted by Crippen LogP contribution is 2.28. The Hall–Kier alpha value is -0.470. The van der Waals surface area contributed by atoms with Gasteiger partial charge in [-0.25, -0.2) is 12.7 Å². The predicted octanol–water partition coefficient (Wildman–Crippen LogP) is 1.12. The maximum Gasteiger partial charge on any atom is 0.252 e. The van der Waals surface area contributed by atoms with Gasteiger partial charge in [0.1, 0.15) is 4.21 Å². The molecule has 1 rings (SSSR count). The minimum atomic E-state index is -3.43. The van der Waals surface area contributed by atoms with Crippen molar-refractivity contribution < 1.29 is 13.5 Å². The molecule has 110 valence electrons. The molecule has 0 bridgehead atoms. The number of thiophene rings is 1. The Bertz CT molecular complexity index is 509. The van der Waals surface area contributed by atoms with Crippen LogP contribution in [0.2, 0.25) is 0 Å². The number of sulfonamides is 1. The van der Waals surface area contributed by atoms with E-state index in [0.29, 0.717) is 15.6 Å². The molecule has 0 fully saturated rings. The molecule has 0 aromatic carbocycles. The van der Waals surface area contributed by atoms with Gasteiger partial charge in [0.2, 0.25) is 0 Å². The van der Waals surface area contributed by atoms with Crippen LogP contribution < -0.4 is 0 Å². The van der Waals surface area contributed by atoms with E-state index in [4.69, 9.17) is 5.11 Å². The zero-order valence-corrected chi connectivity index (χ0v) is 13.5. The fourth-order valence-electron chi connectivity index (χ4n) is 1.66. The second-order valence-electron chi connectivity index (χ2n) is 4.81. The molecule has 0 spiro atoms. The average molecular weight is 306 g/mol. The van der Waals surface area contributed by atoms with Gasteiger partial charge in [-0.3, -0.25) is 0 Å². The van der Waals surface area contributed by atoms with E-state index in [2.05, 4.69) is 0 Å². The van der Waals surface area contributed by atoms with E-state index in [-0.39, 0.29) is 6.61 Å². The molecule has 1 N–H and O–H groups in total. The van der Waals surface area contributed by atoms with Crippen LogP contribution in [0.5, 0.6) is 0 Å². The average Bonchev–Trinajstić information content (AvgIpc) is 2.70. The van der Waals surface area contributed by atoms with Gasteiger partial charge < -0.3 is 10.0 Å². The quantitative estimate of drug-likeness (QED) is 0.820. The summed E-state index contributed by atoms with van der Waals surface area (Å²) in [7, 11) is 2.10. The molecule has 0 saturated carbocycles. The van der Waals surface area contributed by atoms with Crippen molar-refractivity contribution in [2.75, 3.05) is 34.2 Å². The minimum Gasteiger partial charge on any atom is -0.391 e. The lowest BCUT2D eigenvalue weighted by Crippen LogP contribution is -2.29. The first kappa shape index (κ1) is 16.6. The maximum atomic E-state index is 12.3. The second-order valence-corrected chi connectivity index (χ2v) is 8.22. The van der Waals surface area contributed by atoms with Gasteiger partial charge in [-0.05, 0) is 45.6 Å². The van der Waals surface area contributed by atoms with Crippen LogP contribution in [0, 0.1) is 6.92 Å². The molecule has 1 heterocycles. The number of nitrogens with zero attached hydrogens (tertiary/aromatic N) is 2. The third-order valence-corrected chi connectivity index (χ3v) is 6.41. The SMILES string of the molecule is Cc1cc(S(=O)(=O)N(C)CCCN(C)C)sc1CO. The normalized spacial score (nSPS) is 12.6. The Balaban J connectivity index is 2.78. The Morgan fingerprint density at radius 3 is 2.37 bits per heavy atom. The molecule has 0 aliphatic rings. The molecular formula is C12H22N2O3S2. The highest BCUT2D eigenvalue weighted by atomic mass is 32.2. The highest BCUT2D eigenvalue weighted by molar-refractivity contribution is 7.91. The fourth-order valence-corrected chi connectivity index (χ4v) is 4.53. The fraction of sp³-hybridized carbons (Fsp3) is 0.667. The van der Waals surface area contributed by atoms with E-state index in [1.807, 2.05) is 25.9 Å². The monoisotopic (exact) mass is 306 g/mol. The lowest BCUT2D eigenvalue weighted by molar-refractivity contribution is 0.285. The van der Waals surface area contributed by atoms with Crippen LogP contribution in [0.15, 0.2) is 10.3 Å². The van der Waals surface area contributed by atoms with Gasteiger partial charge in [0.25, 0.3) is 10.0 Å². The molecule has 0 atom stereocenters. The van der Waals surface area contributed by atoms with Gasteiger partial charge in [-0.2, -0.15) is 0 Å². The van der Waals surface area contributed by atoms with Crippen molar-refractivity contribution in [3.05, 3.63) is 16.5 Å². The number of hydrogen-bond acceptors (Lipinski definition) is 5. The van der Waals surface area contributed by atoms with Crippen LogP contribution in [-0.2, 0) is 16.6 Å². The van der Waals surface area contributed by atoms with Crippen molar-refractivity contribution in [3.63, 3.8) is 0 Å². The van der Waals surface area contributed by atoms with Crippen molar-refractivity contribution in [3.8, 4) is 0 Å². The smallest absolute Gasteiger partial charge is 0.252 e. The molecule has 1 aromatic heterocycles. The van der Waals surface area contributed by atoms with E-state index in [1.54, 1.807) is 13.1 Å². The second kappa shape index (κ2) is 6.81. The molecule has 0 amide bonds. The summed E-state index contributed by atoms with van der Waals surface area (Å²) < 4.78 is 26.3. The summed E-state index contributed by atoms with van der Waals surface area (Å²) in [6.07, 6.45) is 0.792. The van der Waals surface area contributed by atoms with E-state index < -0.39 is 10.0 Å². The van der Waals surface area contributed by atoms with Gasteiger partial charge in [0.15, 0.2) is 0 Å². The molecule has 1 aromatic rings. The first-order chi connectivity index (χ1) is 8.78. The summed E-state index contributed by atoms with van der Waals surface area (Å²) in [4.78, 5) is 2.74. The Morgan fingerprint density at radius 2 is 1.89 bits per heavy atom. The van der Waals surface area contributed by atoms with Crippen LogP contribution in [0.1, 0.15) is 16.9 Å². The summed E-state index contributed by atoms with van der Waals surface area (Å²) in [5, 5.41) is 9.14. The van der Waals surface area contributed by atoms with Crippen LogP contribution in [0.25, 0.3) is 0 Å². The van der Waals surface area contributed by atoms with E-state index in [9.17, 15) is 8.42 Å². The first-order valence-electron chi connectivity index (χ1n) is 6.10. The van der Waals surface area contributed by atoms with E-state index in [0.717, 1.165) is 29.9 Å². The molecule has 0 saturated heterocycles. The highest BCUT2D eigenvalue weighted by Gasteiger charge is 2.23. The number of hydrogen-bond donors (Lipinski definition) is 1. The number of aliphatic hydroxyl groups is 1. The zero-order valence-electron chi connectivity index (χ0n) is 11.9. The minimum absolute atomic E-state index is 0.115. The topological polar surface area (TPSA) is 60.9 Å². The van der Waals surface area contributed by atoms with E-state index >= 15 is 0 Å². The summed E-state index contributed by atoms with van der Waals surface area (Å²) in [6.45, 7) is 3.04. The molecule has 0 aliphatic heterocycles. The zero-order chi connectivity index (χ0) is 14.6. The van der Waals surface area contributed by atoms with Crippen molar-refractivity contribution in [2.24, 2.45) is 0 Å². The molecule has 0 radical (unpaired) electrons. The third kappa shape index (κ3) is 4.25. The number of aliphatic hydroxyl groups excluding tert-OH is 1. The molecule has 7 heteroatoms. The first-order valence-corrected chi connectivity index (χ1v) is 8.36. The largest absolute Gasteiger partial charge is 0.391 e. The van der Waals surface area contributed by atoms with Crippen molar-refractivity contribution >= 4 is 21.4 Å². The van der Waals surface area contributed by atoms with Crippen LogP contribution in [-0.4, -0.2) is 57.0 Å². The van der Waals surface area contributed by atoms with Crippen LogP contribution in [0.3, 0.4) is 0 Å². The van der Waals surface area contributed by atoms with Gasteiger partial charge in [-0.15, -0.1) is 11.3 Å². The van der Waals surface area contributed by atoms with Crippen LogP contribution >= 0.6 is 11.3 Å². The number of aryl methyl sites for hydroxylation is 1. The molecule has 19 heavy (non-hydrogen) atoms. The molecule has 0 unspecified atom stereocenters. The summed E-state index contributed by atoms with van der Waals surface area (Å²) in [5.41, 5.74) is 0.827. The predicted molar refractivity (Wildman–Crippen MR) is 78.0 cm³/mol. The Kier molecular flexibility index (Phi) is 5.94. The van der Waals surface area contributed by atoms with Gasteiger partial charge in [-0.1, -0.05) is 0 Å². The standard InChI is InChI=1S/C12H22N2O3S2/c1-10-8-12(18-11(10)9-15)19(16,17)14(4)7-5-6-13(2)3/h8,15H,5-7,9H2,1-4H3. The molecule has 0 aliphatic carbocycles. The summed E-state index contributed by atoms with van der Waals surface area (Å²) in [5.74, 6) is 0. The number of rotatable bonds is 7. The Labute approximate surface area is 119 Å². The van der Waals surface area contributed by atoms with Gasteiger partial charge in [0.05, 0.1) is 6.61 Å². The molecule has 5 nitrogen and oxygen atoms in total. The third-order valence-electron chi connectivity index (χ3n) is 2.88. The van der Waals surface area contributed by atoms with E-state index in [1.165, 1.54) is 4.31 Å². The van der Waals surface area contributed by atoms with Crippen molar-refractivity contribution in [1.29, 1.82) is 0 Å². The van der Waals surface area contributed by atoms with Crippen molar-refractivity contribution in [2.45, 2.75) is 24.2 Å². The lowest BCUT2D eigenvalue weighted by atomic mass is 10.3. The van der Waals surface area contributed by atoms with Crippen LogP contribution in [0.4, 0.5) is 0 Å². The van der Waals surface area contributed by atoms with Gasteiger partial charge in [0, 0.05) is 18.5 Å². The van der Waals surface area contributed by atoms with Crippen molar-refractivity contribution in [1.82, 2.24) is 9.21 Å². The lowest BCUT2D eigenvalue weighted by Gasteiger charge is -2.17. The molecular weight excluding hydrogens is 284 g/mol.